The van der Waals surface area contributed by atoms with Gasteiger partial charge in [0.05, 0.1) is 27.7 Å². The Kier molecular flexibility index (Phi) is 55.9. The van der Waals surface area contributed by atoms with Gasteiger partial charge in [-0.3, -0.25) is 14.2 Å². The number of quaternary nitrogens is 1. The first kappa shape index (κ1) is 75.2. The predicted molar refractivity (Wildman–Crippen MR) is 337 cm³/mol. The topological polar surface area (TPSA) is 111 Å². The first-order chi connectivity index (χ1) is 38.5. The molecule has 2 atom stereocenters. The number of carbonyl (C=O) groups excluding carboxylic acids is 2. The number of unbranched alkanes of at least 4 members (excludes halogenated alkanes) is 20. The van der Waals surface area contributed by atoms with Crippen molar-refractivity contribution in [3.63, 3.8) is 0 Å². The zero-order valence-electron chi connectivity index (χ0n) is 51.0. The molecular weight excluding hydrogens is 1000 g/mol. The van der Waals surface area contributed by atoms with Crippen LogP contribution in [0.1, 0.15) is 239 Å². The lowest BCUT2D eigenvalue weighted by atomic mass is 10.0. The second kappa shape index (κ2) is 58.8. The molecule has 0 aliphatic heterocycles. The Hall–Kier alpha value is -3.85. The van der Waals surface area contributed by atoms with E-state index in [4.69, 9.17) is 18.5 Å². The summed E-state index contributed by atoms with van der Waals surface area (Å²) in [4.78, 5) is 37.8. The summed E-state index contributed by atoms with van der Waals surface area (Å²) >= 11 is 0. The molecule has 79 heavy (non-hydrogen) atoms. The maximum atomic E-state index is 12.8. The molecule has 0 fully saturated rings. The molecule has 450 valence electrons. The van der Waals surface area contributed by atoms with Crippen molar-refractivity contribution in [1.29, 1.82) is 0 Å². The molecule has 0 rings (SSSR count). The average molecular weight is 1120 g/mol. The summed E-state index contributed by atoms with van der Waals surface area (Å²) in [5.41, 5.74) is 0. The monoisotopic (exact) mass is 1120 g/mol. The van der Waals surface area contributed by atoms with Crippen LogP contribution in [0.15, 0.2) is 134 Å². The number of hydrogen-bond donors (Lipinski definition) is 0. The van der Waals surface area contributed by atoms with Crippen molar-refractivity contribution < 1.29 is 42.1 Å². The van der Waals surface area contributed by atoms with Gasteiger partial charge in [0.25, 0.3) is 7.82 Å². The van der Waals surface area contributed by atoms with Crippen LogP contribution >= 0.6 is 7.82 Å². The number of nitrogens with zero attached hydrogens (tertiary/aromatic N) is 1. The second-order valence-electron chi connectivity index (χ2n) is 21.7. The predicted octanol–water partition coefficient (Wildman–Crippen LogP) is 19.5. The molecule has 0 amide bonds. The standard InChI is InChI=1S/C69H116NO8P/c1-6-8-10-12-14-16-18-20-22-23-24-25-26-27-28-29-30-31-32-33-34-35-36-37-38-39-40-41-42-43-44-45-46-47-48-50-52-54-56-58-60-62-69(72)78-67(66-77-79(73,74)76-64-63-70(3,4)5)65-75-68(71)61-59-57-55-53-51-49-21-19-17-15-13-11-9-7-2/h8,10,14,16,20,22,24-25,27-28,30-31,33-34,36-37,39-40,42-43,45-46,67H,6-7,9,11-13,15,17-19,21,23,26,29,32,35,38,41,44,47-66H2,1-5H3/b10-8-,16-14-,22-20-,25-24-,28-27-,31-30-,34-33-,37-36-,40-39-,43-42-,46-45-. The summed E-state index contributed by atoms with van der Waals surface area (Å²) in [6, 6.07) is 0. The molecule has 0 aliphatic carbocycles. The van der Waals surface area contributed by atoms with Gasteiger partial charge >= 0.3 is 11.9 Å². The van der Waals surface area contributed by atoms with Gasteiger partial charge in [0.1, 0.15) is 19.8 Å². The highest BCUT2D eigenvalue weighted by molar-refractivity contribution is 7.45. The minimum absolute atomic E-state index is 0.0380. The number of allylic oxidation sites excluding steroid dienone is 22. The third-order valence-corrected chi connectivity index (χ3v) is 13.9. The summed E-state index contributed by atoms with van der Waals surface area (Å²) in [6.45, 7) is 4.10. The molecule has 0 bridgehead atoms. The van der Waals surface area contributed by atoms with Crippen LogP contribution in [0.2, 0.25) is 0 Å². The number of carbonyl (C=O) groups is 2. The maximum absolute atomic E-state index is 12.8. The smallest absolute Gasteiger partial charge is 0.306 e. The van der Waals surface area contributed by atoms with Gasteiger partial charge in [0.15, 0.2) is 6.10 Å². The molecule has 0 heterocycles. The van der Waals surface area contributed by atoms with E-state index in [1.54, 1.807) is 0 Å². The van der Waals surface area contributed by atoms with Crippen molar-refractivity contribution in [3.05, 3.63) is 134 Å². The third kappa shape index (κ3) is 63.2. The molecule has 10 heteroatoms. The van der Waals surface area contributed by atoms with Crippen LogP contribution in [-0.2, 0) is 32.7 Å². The van der Waals surface area contributed by atoms with Gasteiger partial charge in [-0.25, -0.2) is 0 Å². The molecule has 0 aliphatic rings. The number of esters is 2. The van der Waals surface area contributed by atoms with Crippen molar-refractivity contribution >= 4 is 19.8 Å². The van der Waals surface area contributed by atoms with Crippen LogP contribution in [-0.4, -0.2) is 70.0 Å². The summed E-state index contributed by atoms with van der Waals surface area (Å²) < 4.78 is 34.1. The maximum Gasteiger partial charge on any atom is 0.306 e. The average Bonchev–Trinajstić information content (AvgIpc) is 3.41. The van der Waals surface area contributed by atoms with Gasteiger partial charge < -0.3 is 27.9 Å². The number of ether oxygens (including phenoxy) is 2. The van der Waals surface area contributed by atoms with Gasteiger partial charge in [-0.1, -0.05) is 263 Å². The SMILES string of the molecule is CC/C=C\C/C=C\C/C=C\C/C=C\C/C=C\C/C=C\C/C=C\C/C=C\C/C=C\C/C=C\C/C=C\CCCCCCCCCC(=O)OC(COC(=O)CCCCCCCCCCCCCCCC)COP(=O)([O-])OCC[N+](C)(C)C. The van der Waals surface area contributed by atoms with Crippen molar-refractivity contribution in [1.82, 2.24) is 0 Å². The van der Waals surface area contributed by atoms with E-state index in [-0.39, 0.29) is 32.0 Å². The van der Waals surface area contributed by atoms with E-state index in [0.717, 1.165) is 122 Å². The van der Waals surface area contributed by atoms with E-state index >= 15 is 0 Å². The largest absolute Gasteiger partial charge is 0.756 e. The Morgan fingerprint density at radius 2 is 0.722 bits per heavy atom. The van der Waals surface area contributed by atoms with E-state index < -0.39 is 26.5 Å². The quantitative estimate of drug-likeness (QED) is 0.0195. The highest BCUT2D eigenvalue weighted by Crippen LogP contribution is 2.38. The minimum Gasteiger partial charge on any atom is -0.756 e. The van der Waals surface area contributed by atoms with E-state index in [2.05, 4.69) is 148 Å². The van der Waals surface area contributed by atoms with E-state index in [0.29, 0.717) is 17.4 Å². The van der Waals surface area contributed by atoms with E-state index in [9.17, 15) is 19.0 Å². The fourth-order valence-electron chi connectivity index (χ4n) is 8.13. The molecule has 0 aromatic carbocycles. The van der Waals surface area contributed by atoms with Crippen LogP contribution < -0.4 is 4.89 Å². The summed E-state index contributed by atoms with van der Waals surface area (Å²) in [5.74, 6) is -0.849. The van der Waals surface area contributed by atoms with Gasteiger partial charge in [0.2, 0.25) is 0 Å². The molecule has 0 saturated heterocycles. The molecule has 2 unspecified atom stereocenters. The van der Waals surface area contributed by atoms with E-state index in [1.807, 2.05) is 21.1 Å². The lowest BCUT2D eigenvalue weighted by Gasteiger charge is -2.28. The van der Waals surface area contributed by atoms with E-state index in [1.165, 1.54) is 83.5 Å². The summed E-state index contributed by atoms with van der Waals surface area (Å²) in [5, 5.41) is 0. The van der Waals surface area contributed by atoms with Crippen LogP contribution in [0, 0.1) is 0 Å². The van der Waals surface area contributed by atoms with Crippen molar-refractivity contribution in [2.45, 2.75) is 245 Å². The Balaban J connectivity index is 4.12. The highest BCUT2D eigenvalue weighted by Gasteiger charge is 2.22. The number of phosphoric acid groups is 1. The summed E-state index contributed by atoms with van der Waals surface area (Å²) in [6.07, 6.45) is 85.1. The van der Waals surface area contributed by atoms with Gasteiger partial charge in [-0.05, 0) is 96.3 Å². The molecule has 0 N–H and O–H groups in total. The number of rotatable bonds is 56. The molecule has 0 aromatic rings. The molecule has 0 radical (unpaired) electrons. The zero-order valence-corrected chi connectivity index (χ0v) is 51.9. The first-order valence-electron chi connectivity index (χ1n) is 31.4. The Bertz CT molecular complexity index is 1790. The number of likely N-dealkylation sites (N-methyl/N-ethyl adjacent to an activating group) is 1. The summed E-state index contributed by atoms with van der Waals surface area (Å²) in [7, 11) is 1.15. The number of hydrogen-bond acceptors (Lipinski definition) is 8. The first-order valence-corrected chi connectivity index (χ1v) is 32.9. The van der Waals surface area contributed by atoms with Crippen molar-refractivity contribution in [2.24, 2.45) is 0 Å². The lowest BCUT2D eigenvalue weighted by Crippen LogP contribution is -2.37. The highest BCUT2D eigenvalue weighted by atomic mass is 31.2. The van der Waals surface area contributed by atoms with Crippen LogP contribution in [0.5, 0.6) is 0 Å². The van der Waals surface area contributed by atoms with Gasteiger partial charge in [-0.15, -0.1) is 0 Å². The van der Waals surface area contributed by atoms with Crippen LogP contribution in [0.3, 0.4) is 0 Å². The van der Waals surface area contributed by atoms with Crippen molar-refractivity contribution in [3.8, 4) is 0 Å². The fraction of sp³-hybridized carbons (Fsp3) is 0.652. The molecular formula is C69H116NO8P. The molecule has 0 aromatic heterocycles. The second-order valence-corrected chi connectivity index (χ2v) is 23.1. The minimum atomic E-state index is -4.64. The van der Waals surface area contributed by atoms with Crippen molar-refractivity contribution in [2.75, 3.05) is 47.5 Å². The molecule has 0 spiro atoms. The normalized spacial score (nSPS) is 14.2. The third-order valence-electron chi connectivity index (χ3n) is 12.9. The Morgan fingerprint density at radius 3 is 1.08 bits per heavy atom. The fourth-order valence-corrected chi connectivity index (χ4v) is 8.86. The Morgan fingerprint density at radius 1 is 0.405 bits per heavy atom. The number of phosphoric ester groups is 1. The Labute approximate surface area is 485 Å². The van der Waals surface area contributed by atoms with Crippen LogP contribution in [0.25, 0.3) is 0 Å². The zero-order chi connectivity index (χ0) is 57.7. The van der Waals surface area contributed by atoms with Gasteiger partial charge in [-0.2, -0.15) is 0 Å². The lowest BCUT2D eigenvalue weighted by molar-refractivity contribution is -0.870. The van der Waals surface area contributed by atoms with Crippen LogP contribution in [0.4, 0.5) is 0 Å². The molecule has 0 saturated carbocycles. The molecule has 9 nitrogen and oxygen atoms in total. The van der Waals surface area contributed by atoms with Gasteiger partial charge in [0, 0.05) is 12.8 Å².